The fourth-order valence-electron chi connectivity index (χ4n) is 1.95. The molecule has 1 heterocycles. The molecule has 0 spiro atoms. The van der Waals surface area contributed by atoms with Crippen LogP contribution in [0.25, 0.3) is 0 Å². The van der Waals surface area contributed by atoms with Gasteiger partial charge in [-0.1, -0.05) is 23.8 Å². The van der Waals surface area contributed by atoms with Gasteiger partial charge in [0.15, 0.2) is 5.78 Å². The number of Topliss-reactive ketones (excluding diaryl/α,β-unsaturated/α-hetero) is 1. The van der Waals surface area contributed by atoms with Crippen LogP contribution in [0.3, 0.4) is 0 Å². The van der Waals surface area contributed by atoms with Crippen molar-refractivity contribution >= 4 is 27.5 Å². The highest BCUT2D eigenvalue weighted by atomic mass is 79.9. The van der Waals surface area contributed by atoms with Crippen molar-refractivity contribution in [2.45, 2.75) is 20.4 Å². The standard InChI is InChI=1S/C13H12BrN3O3/c1-8-3-4-10(9(2)5-8)11(18)6-16-7-12(17(19)20)15-13(16)14/h3-5,7H,6H2,1-2H3. The zero-order chi connectivity index (χ0) is 14.9. The average Bonchev–Trinajstić information content (AvgIpc) is 2.71. The number of carbonyl (C=O) groups excluding carboxylic acids is 1. The average molecular weight is 338 g/mol. The lowest BCUT2D eigenvalue weighted by Gasteiger charge is -2.06. The normalized spacial score (nSPS) is 10.6. The molecule has 2 rings (SSSR count). The number of imidazole rings is 1. The van der Waals surface area contributed by atoms with E-state index in [1.54, 1.807) is 6.07 Å². The molecule has 7 heteroatoms. The van der Waals surface area contributed by atoms with Gasteiger partial charge < -0.3 is 10.1 Å². The molecule has 1 aromatic heterocycles. The Bertz CT molecular complexity index is 694. The lowest BCUT2D eigenvalue weighted by molar-refractivity contribution is -0.389. The number of aryl methyl sites for hydroxylation is 2. The number of ketones is 1. The lowest BCUT2D eigenvalue weighted by atomic mass is 10.0. The summed E-state index contributed by atoms with van der Waals surface area (Å²) in [5.41, 5.74) is 2.58. The quantitative estimate of drug-likeness (QED) is 0.488. The molecule has 20 heavy (non-hydrogen) atoms. The zero-order valence-electron chi connectivity index (χ0n) is 11.0. The Balaban J connectivity index is 2.25. The Kier molecular flexibility index (Phi) is 3.99. The van der Waals surface area contributed by atoms with E-state index in [0.29, 0.717) is 5.56 Å². The number of halogens is 1. The third-order valence-electron chi connectivity index (χ3n) is 2.90. The predicted molar refractivity (Wildman–Crippen MR) is 76.8 cm³/mol. The molecular formula is C13H12BrN3O3. The fourth-order valence-corrected chi connectivity index (χ4v) is 2.35. The number of hydrogen-bond acceptors (Lipinski definition) is 4. The molecule has 0 bridgehead atoms. The van der Waals surface area contributed by atoms with Gasteiger partial charge in [-0.15, -0.1) is 0 Å². The van der Waals surface area contributed by atoms with Crippen LogP contribution in [0.1, 0.15) is 21.5 Å². The van der Waals surface area contributed by atoms with Gasteiger partial charge in [-0.2, -0.15) is 0 Å². The molecular weight excluding hydrogens is 326 g/mol. The molecule has 0 aliphatic carbocycles. The molecule has 0 saturated carbocycles. The maximum Gasteiger partial charge on any atom is 0.382 e. The number of benzene rings is 1. The summed E-state index contributed by atoms with van der Waals surface area (Å²) in [6, 6.07) is 5.57. The van der Waals surface area contributed by atoms with E-state index in [1.807, 2.05) is 26.0 Å². The summed E-state index contributed by atoms with van der Waals surface area (Å²) in [5.74, 6) is -0.402. The van der Waals surface area contributed by atoms with Crippen LogP contribution in [0.15, 0.2) is 29.1 Å². The first-order valence-corrected chi connectivity index (χ1v) is 6.65. The Morgan fingerprint density at radius 1 is 1.45 bits per heavy atom. The number of nitro groups is 1. The van der Waals surface area contributed by atoms with Crippen molar-refractivity contribution in [2.24, 2.45) is 0 Å². The summed E-state index contributed by atoms with van der Waals surface area (Å²) in [5, 5.41) is 10.6. The van der Waals surface area contributed by atoms with Crippen LogP contribution in [0.5, 0.6) is 0 Å². The molecule has 0 aliphatic rings. The molecule has 104 valence electrons. The fraction of sp³-hybridized carbons (Fsp3) is 0.231. The first-order valence-electron chi connectivity index (χ1n) is 5.86. The van der Waals surface area contributed by atoms with Crippen LogP contribution >= 0.6 is 15.9 Å². The molecule has 0 unspecified atom stereocenters. The van der Waals surface area contributed by atoms with Crippen LogP contribution in [0.2, 0.25) is 0 Å². The zero-order valence-corrected chi connectivity index (χ0v) is 12.5. The van der Waals surface area contributed by atoms with Crippen LogP contribution in [0, 0.1) is 24.0 Å². The lowest BCUT2D eigenvalue weighted by Crippen LogP contribution is -2.11. The minimum Gasteiger partial charge on any atom is -0.358 e. The second-order valence-electron chi connectivity index (χ2n) is 4.49. The predicted octanol–water partition coefficient (Wildman–Crippen LogP) is 3.05. The summed E-state index contributed by atoms with van der Waals surface area (Å²) >= 11 is 3.11. The molecule has 0 fully saturated rings. The molecule has 0 amide bonds. The molecule has 0 N–H and O–H groups in total. The molecule has 0 atom stereocenters. The van der Waals surface area contributed by atoms with Crippen LogP contribution < -0.4 is 0 Å². The maximum atomic E-state index is 12.2. The Morgan fingerprint density at radius 3 is 2.70 bits per heavy atom. The maximum absolute atomic E-state index is 12.2. The monoisotopic (exact) mass is 337 g/mol. The van der Waals surface area contributed by atoms with Crippen molar-refractivity contribution in [1.29, 1.82) is 0 Å². The summed E-state index contributed by atoms with van der Waals surface area (Å²) in [6.07, 6.45) is 1.24. The van der Waals surface area contributed by atoms with Gasteiger partial charge in [0.25, 0.3) is 4.73 Å². The van der Waals surface area contributed by atoms with Crippen molar-refractivity contribution in [3.63, 3.8) is 0 Å². The first-order chi connectivity index (χ1) is 9.38. The van der Waals surface area contributed by atoms with E-state index in [4.69, 9.17) is 0 Å². The smallest absolute Gasteiger partial charge is 0.358 e. The van der Waals surface area contributed by atoms with E-state index in [2.05, 4.69) is 20.9 Å². The van der Waals surface area contributed by atoms with E-state index in [0.717, 1.165) is 11.1 Å². The van der Waals surface area contributed by atoms with E-state index in [1.165, 1.54) is 10.8 Å². The van der Waals surface area contributed by atoms with Gasteiger partial charge in [0.05, 0.1) is 6.54 Å². The summed E-state index contributed by atoms with van der Waals surface area (Å²) in [4.78, 5) is 26.0. The first kappa shape index (κ1) is 14.4. The van der Waals surface area contributed by atoms with E-state index < -0.39 is 4.92 Å². The van der Waals surface area contributed by atoms with Crippen molar-refractivity contribution in [3.05, 3.63) is 55.9 Å². The van der Waals surface area contributed by atoms with Crippen LogP contribution in [-0.2, 0) is 6.54 Å². The molecule has 0 radical (unpaired) electrons. The third-order valence-corrected chi connectivity index (χ3v) is 3.53. The number of nitrogens with zero attached hydrogens (tertiary/aromatic N) is 3. The van der Waals surface area contributed by atoms with Crippen molar-refractivity contribution < 1.29 is 9.72 Å². The summed E-state index contributed by atoms with van der Waals surface area (Å²) in [7, 11) is 0. The third kappa shape index (κ3) is 2.93. The van der Waals surface area contributed by atoms with Gasteiger partial charge in [0.2, 0.25) is 0 Å². The largest absolute Gasteiger partial charge is 0.382 e. The van der Waals surface area contributed by atoms with E-state index in [-0.39, 0.29) is 22.9 Å². The topological polar surface area (TPSA) is 78.0 Å². The van der Waals surface area contributed by atoms with Crippen molar-refractivity contribution in [1.82, 2.24) is 9.55 Å². The molecule has 0 aliphatic heterocycles. The Morgan fingerprint density at radius 2 is 2.15 bits per heavy atom. The molecule has 2 aromatic rings. The van der Waals surface area contributed by atoms with Gasteiger partial charge in [-0.05, 0) is 29.3 Å². The van der Waals surface area contributed by atoms with Gasteiger partial charge in [-0.3, -0.25) is 9.36 Å². The summed E-state index contributed by atoms with van der Waals surface area (Å²) < 4.78 is 1.68. The van der Waals surface area contributed by atoms with Gasteiger partial charge in [-0.25, -0.2) is 0 Å². The Labute approximate surface area is 123 Å². The van der Waals surface area contributed by atoms with Gasteiger partial charge >= 0.3 is 5.82 Å². The minimum atomic E-state index is -0.594. The highest BCUT2D eigenvalue weighted by Crippen LogP contribution is 2.18. The molecule has 0 saturated heterocycles. The Hall–Kier alpha value is -2.02. The van der Waals surface area contributed by atoms with Gasteiger partial charge in [0.1, 0.15) is 6.20 Å². The second kappa shape index (κ2) is 5.54. The number of rotatable bonds is 4. The summed E-state index contributed by atoms with van der Waals surface area (Å²) in [6.45, 7) is 3.83. The molecule has 1 aromatic carbocycles. The highest BCUT2D eigenvalue weighted by Gasteiger charge is 2.19. The number of hydrogen-bond donors (Lipinski definition) is 0. The second-order valence-corrected chi connectivity index (χ2v) is 5.20. The van der Waals surface area contributed by atoms with E-state index in [9.17, 15) is 14.9 Å². The highest BCUT2D eigenvalue weighted by molar-refractivity contribution is 9.10. The van der Waals surface area contributed by atoms with Crippen molar-refractivity contribution in [2.75, 3.05) is 0 Å². The van der Waals surface area contributed by atoms with Gasteiger partial charge in [0, 0.05) is 21.5 Å². The van der Waals surface area contributed by atoms with Crippen molar-refractivity contribution in [3.8, 4) is 0 Å². The van der Waals surface area contributed by atoms with Crippen LogP contribution in [-0.4, -0.2) is 20.3 Å². The van der Waals surface area contributed by atoms with Crippen LogP contribution in [0.4, 0.5) is 5.82 Å². The molecule has 6 nitrogen and oxygen atoms in total. The number of aromatic nitrogens is 2. The minimum absolute atomic E-state index is 0.00528. The SMILES string of the molecule is Cc1ccc(C(=O)Cn2cc([N+](=O)[O-])nc2Br)c(C)c1. The van der Waals surface area contributed by atoms with E-state index >= 15 is 0 Å². The number of carbonyl (C=O) groups is 1.